The largest absolute Gasteiger partial charge is 0.316 e. The summed E-state index contributed by atoms with van der Waals surface area (Å²) in [5.74, 6) is -0.602. The minimum atomic E-state index is -4.01. The number of nitrogens with zero attached hydrogens (tertiary/aromatic N) is 3. The van der Waals surface area contributed by atoms with Gasteiger partial charge >= 0.3 is 0 Å². The Morgan fingerprint density at radius 2 is 1.71 bits per heavy atom. The maximum absolute atomic E-state index is 13.4. The molecule has 1 amide bonds. The SMILES string of the molecule is Cc1cc(/C=N/NC(=O)CN(c2ccc(Br)cc2)S(=O)(=O)c2ccccc2)c(C)n1-c1cc(Cl)ccc1Cl. The average Bonchev–Trinajstić information content (AvgIpc) is 3.17. The third-order valence-electron chi connectivity index (χ3n) is 5.75. The maximum Gasteiger partial charge on any atom is 0.264 e. The van der Waals surface area contributed by atoms with E-state index in [9.17, 15) is 13.2 Å². The van der Waals surface area contributed by atoms with E-state index in [0.717, 1.165) is 31.4 Å². The number of aryl methyl sites for hydroxylation is 1. The third kappa shape index (κ3) is 6.13. The molecule has 0 saturated carbocycles. The molecule has 0 aliphatic rings. The summed E-state index contributed by atoms with van der Waals surface area (Å²) >= 11 is 15.9. The van der Waals surface area contributed by atoms with Gasteiger partial charge in [0.25, 0.3) is 15.9 Å². The van der Waals surface area contributed by atoms with Gasteiger partial charge in [0, 0.05) is 26.4 Å². The van der Waals surface area contributed by atoms with Crippen LogP contribution in [0.5, 0.6) is 0 Å². The highest BCUT2D eigenvalue weighted by Crippen LogP contribution is 2.29. The van der Waals surface area contributed by atoms with Crippen molar-refractivity contribution in [3.05, 3.63) is 110 Å². The Morgan fingerprint density at radius 1 is 1.03 bits per heavy atom. The summed E-state index contributed by atoms with van der Waals surface area (Å²) in [4.78, 5) is 12.9. The zero-order chi connectivity index (χ0) is 27.4. The molecule has 0 aliphatic carbocycles. The normalized spacial score (nSPS) is 11.6. The van der Waals surface area contributed by atoms with Crippen molar-refractivity contribution in [3.63, 3.8) is 0 Å². The highest BCUT2D eigenvalue weighted by molar-refractivity contribution is 9.10. The third-order valence-corrected chi connectivity index (χ3v) is 8.62. The molecule has 4 rings (SSSR count). The van der Waals surface area contributed by atoms with Crippen LogP contribution in [0.15, 0.2) is 93.3 Å². The molecule has 0 saturated heterocycles. The summed E-state index contributed by atoms with van der Waals surface area (Å²) in [7, 11) is -4.01. The molecule has 0 fully saturated rings. The Kier molecular flexibility index (Phi) is 8.62. The van der Waals surface area contributed by atoms with Crippen LogP contribution in [0.3, 0.4) is 0 Å². The molecule has 4 aromatic rings. The van der Waals surface area contributed by atoms with E-state index < -0.39 is 22.5 Å². The fourth-order valence-electron chi connectivity index (χ4n) is 3.93. The molecule has 3 aromatic carbocycles. The zero-order valence-electron chi connectivity index (χ0n) is 20.4. The molecule has 0 spiro atoms. The molecule has 0 atom stereocenters. The predicted molar refractivity (Wildman–Crippen MR) is 156 cm³/mol. The summed E-state index contributed by atoms with van der Waals surface area (Å²) in [5.41, 5.74) is 6.01. The molecule has 1 N–H and O–H groups in total. The zero-order valence-corrected chi connectivity index (χ0v) is 24.3. The Labute approximate surface area is 239 Å². The Balaban J connectivity index is 1.55. The Bertz CT molecular complexity index is 1610. The van der Waals surface area contributed by atoms with Gasteiger partial charge in [-0.25, -0.2) is 13.8 Å². The Hall–Kier alpha value is -3.11. The molecular formula is C27H23BrCl2N4O3S. The number of aromatic nitrogens is 1. The highest BCUT2D eigenvalue weighted by Gasteiger charge is 2.27. The number of hydrogen-bond donors (Lipinski definition) is 1. The number of amides is 1. The summed E-state index contributed by atoms with van der Waals surface area (Å²) in [6, 6.07) is 21.7. The molecule has 0 bridgehead atoms. The van der Waals surface area contributed by atoms with E-state index in [1.165, 1.54) is 18.3 Å². The summed E-state index contributed by atoms with van der Waals surface area (Å²) < 4.78 is 30.6. The van der Waals surface area contributed by atoms with E-state index in [2.05, 4.69) is 26.5 Å². The average molecular weight is 634 g/mol. The first kappa shape index (κ1) is 27.9. The van der Waals surface area contributed by atoms with Crippen LogP contribution < -0.4 is 9.73 Å². The van der Waals surface area contributed by atoms with Gasteiger partial charge in [0.05, 0.1) is 27.5 Å². The van der Waals surface area contributed by atoms with E-state index in [1.807, 2.05) is 24.5 Å². The van der Waals surface area contributed by atoms with E-state index in [4.69, 9.17) is 23.2 Å². The molecule has 38 heavy (non-hydrogen) atoms. The number of sulfonamides is 1. The molecule has 11 heteroatoms. The second kappa shape index (κ2) is 11.7. The first-order valence-corrected chi connectivity index (χ1v) is 14.4. The van der Waals surface area contributed by atoms with Gasteiger partial charge in [-0.2, -0.15) is 5.10 Å². The lowest BCUT2D eigenvalue weighted by Gasteiger charge is -2.23. The quantitative estimate of drug-likeness (QED) is 0.177. The second-order valence-corrected chi connectivity index (χ2v) is 12.0. The van der Waals surface area contributed by atoms with Crippen molar-refractivity contribution in [1.29, 1.82) is 0 Å². The van der Waals surface area contributed by atoms with Gasteiger partial charge in [0.2, 0.25) is 0 Å². The lowest BCUT2D eigenvalue weighted by atomic mass is 10.2. The number of carbonyl (C=O) groups excluding carboxylic acids is 1. The van der Waals surface area contributed by atoms with Crippen molar-refractivity contribution < 1.29 is 13.2 Å². The fourth-order valence-corrected chi connectivity index (χ4v) is 6.00. The van der Waals surface area contributed by atoms with Crippen LogP contribution in [0.2, 0.25) is 10.0 Å². The van der Waals surface area contributed by atoms with Crippen molar-refractivity contribution in [1.82, 2.24) is 9.99 Å². The number of hydrazone groups is 1. The topological polar surface area (TPSA) is 83.8 Å². The summed E-state index contributed by atoms with van der Waals surface area (Å²) in [5, 5.41) is 5.18. The van der Waals surface area contributed by atoms with Gasteiger partial charge in [-0.15, -0.1) is 0 Å². The maximum atomic E-state index is 13.4. The smallest absolute Gasteiger partial charge is 0.264 e. The standard InChI is InChI=1S/C27H23BrCl2N4O3S/c1-18-14-20(19(2)34(18)26-15-22(29)10-13-25(26)30)16-31-32-27(35)17-33(23-11-8-21(28)9-12-23)38(36,37)24-6-4-3-5-7-24/h3-16H,17H2,1-2H3,(H,32,35)/b31-16+. The molecule has 1 heterocycles. The van der Waals surface area contributed by atoms with Crippen LogP contribution in [0.4, 0.5) is 5.69 Å². The van der Waals surface area contributed by atoms with E-state index in [0.29, 0.717) is 15.7 Å². The minimum Gasteiger partial charge on any atom is -0.316 e. The minimum absolute atomic E-state index is 0.0753. The van der Waals surface area contributed by atoms with Crippen molar-refractivity contribution >= 4 is 67.0 Å². The van der Waals surface area contributed by atoms with Crippen molar-refractivity contribution in [3.8, 4) is 5.69 Å². The lowest BCUT2D eigenvalue weighted by molar-refractivity contribution is -0.119. The van der Waals surface area contributed by atoms with Crippen LogP contribution in [0, 0.1) is 13.8 Å². The van der Waals surface area contributed by atoms with Gasteiger partial charge in [0.15, 0.2) is 0 Å². The van der Waals surface area contributed by atoms with Gasteiger partial charge in [-0.3, -0.25) is 9.10 Å². The number of halogens is 3. The van der Waals surface area contributed by atoms with Crippen molar-refractivity contribution in [2.75, 3.05) is 10.8 Å². The molecule has 196 valence electrons. The monoisotopic (exact) mass is 632 g/mol. The molecule has 0 radical (unpaired) electrons. The van der Waals surface area contributed by atoms with E-state index in [-0.39, 0.29) is 4.90 Å². The van der Waals surface area contributed by atoms with Crippen LogP contribution >= 0.6 is 39.1 Å². The van der Waals surface area contributed by atoms with Crippen LogP contribution in [0.25, 0.3) is 5.69 Å². The Morgan fingerprint density at radius 3 is 2.39 bits per heavy atom. The molecule has 1 aromatic heterocycles. The van der Waals surface area contributed by atoms with E-state index >= 15 is 0 Å². The van der Waals surface area contributed by atoms with E-state index in [1.54, 1.807) is 60.7 Å². The molecule has 7 nitrogen and oxygen atoms in total. The fraction of sp³-hybridized carbons (Fsp3) is 0.111. The number of carbonyl (C=O) groups is 1. The van der Waals surface area contributed by atoms with Gasteiger partial charge in [0.1, 0.15) is 6.54 Å². The van der Waals surface area contributed by atoms with Gasteiger partial charge in [-0.1, -0.05) is 57.3 Å². The van der Waals surface area contributed by atoms with Crippen LogP contribution in [-0.2, 0) is 14.8 Å². The van der Waals surface area contributed by atoms with Crippen LogP contribution in [0.1, 0.15) is 17.0 Å². The molecule has 0 unspecified atom stereocenters. The molecule has 0 aliphatic heterocycles. The number of rotatable bonds is 8. The number of hydrogen-bond acceptors (Lipinski definition) is 4. The first-order valence-electron chi connectivity index (χ1n) is 11.4. The number of anilines is 1. The molecular weight excluding hydrogens is 611 g/mol. The summed E-state index contributed by atoms with van der Waals surface area (Å²) in [6.45, 7) is 3.35. The summed E-state index contributed by atoms with van der Waals surface area (Å²) in [6.07, 6.45) is 1.50. The second-order valence-electron chi connectivity index (χ2n) is 8.35. The van der Waals surface area contributed by atoms with Crippen molar-refractivity contribution in [2.45, 2.75) is 18.7 Å². The van der Waals surface area contributed by atoms with Crippen molar-refractivity contribution in [2.24, 2.45) is 5.10 Å². The van der Waals surface area contributed by atoms with Crippen LogP contribution in [-0.4, -0.2) is 31.7 Å². The highest BCUT2D eigenvalue weighted by atomic mass is 79.9. The lowest BCUT2D eigenvalue weighted by Crippen LogP contribution is -2.39. The van der Waals surface area contributed by atoms with Gasteiger partial charge in [-0.05, 0) is 74.5 Å². The predicted octanol–water partition coefficient (Wildman–Crippen LogP) is 6.51. The number of benzene rings is 3. The first-order chi connectivity index (χ1) is 18.1. The van der Waals surface area contributed by atoms with Gasteiger partial charge < -0.3 is 4.57 Å². The number of nitrogens with one attached hydrogen (secondary N) is 1.